The number of ether oxygens (including phenoxy) is 1. The number of hydrogen-bond donors (Lipinski definition) is 0. The van der Waals surface area contributed by atoms with Crippen LogP contribution >= 0.6 is 0 Å². The molecule has 0 spiro atoms. The summed E-state index contributed by atoms with van der Waals surface area (Å²) >= 11 is 0. The Morgan fingerprint density at radius 1 is 1.10 bits per heavy atom. The summed E-state index contributed by atoms with van der Waals surface area (Å²) in [6.45, 7) is 2.01. The second-order valence-electron chi connectivity index (χ2n) is 4.35. The highest BCUT2D eigenvalue weighted by Crippen LogP contribution is 2.19. The monoisotopic (exact) mass is 268 g/mol. The van der Waals surface area contributed by atoms with Gasteiger partial charge in [0.15, 0.2) is 5.78 Å². The van der Waals surface area contributed by atoms with Crippen LogP contribution in [0.15, 0.2) is 48.5 Å². The summed E-state index contributed by atoms with van der Waals surface area (Å²) in [5.74, 6) is -0.739. The molecular formula is C17H16O3. The fourth-order valence-electron chi connectivity index (χ4n) is 1.99. The van der Waals surface area contributed by atoms with Crippen molar-refractivity contribution < 1.29 is 14.3 Å². The first-order chi connectivity index (χ1) is 9.70. The molecule has 2 aromatic rings. The van der Waals surface area contributed by atoms with Crippen molar-refractivity contribution in [2.75, 3.05) is 6.61 Å². The summed E-state index contributed by atoms with van der Waals surface area (Å²) < 4.78 is 4.74. The molecule has 0 atom stereocenters. The largest absolute Gasteiger partial charge is 0.466 e. The van der Waals surface area contributed by atoms with Gasteiger partial charge in [0.2, 0.25) is 0 Å². The van der Waals surface area contributed by atoms with Gasteiger partial charge >= 0.3 is 5.97 Å². The predicted molar refractivity (Wildman–Crippen MR) is 79.2 cm³/mol. The molecule has 3 heteroatoms. The van der Waals surface area contributed by atoms with Crippen molar-refractivity contribution in [3.63, 3.8) is 0 Å². The van der Waals surface area contributed by atoms with Crippen LogP contribution in [-0.2, 0) is 14.3 Å². The third kappa shape index (κ3) is 3.54. The highest BCUT2D eigenvalue weighted by molar-refractivity contribution is 6.05. The summed E-state index contributed by atoms with van der Waals surface area (Å²) in [5.41, 5.74) is 0.959. The smallest absolute Gasteiger partial charge is 0.313 e. The molecule has 2 rings (SSSR count). The number of carbonyl (C=O) groups is 2. The molecule has 0 radical (unpaired) electrons. The zero-order valence-corrected chi connectivity index (χ0v) is 11.3. The number of allylic oxidation sites excluding steroid dienone is 1. The molecule has 0 amide bonds. The van der Waals surface area contributed by atoms with Gasteiger partial charge in [-0.05, 0) is 29.3 Å². The summed E-state index contributed by atoms with van der Waals surface area (Å²) in [6.07, 6.45) is 2.96. The molecular weight excluding hydrogens is 252 g/mol. The third-order valence-corrected chi connectivity index (χ3v) is 2.90. The second-order valence-corrected chi connectivity index (χ2v) is 4.35. The van der Waals surface area contributed by atoms with Crippen molar-refractivity contribution >= 4 is 28.6 Å². The van der Waals surface area contributed by atoms with E-state index in [0.29, 0.717) is 6.61 Å². The number of ketones is 1. The molecule has 0 saturated carbocycles. The molecule has 0 saturated heterocycles. The van der Waals surface area contributed by atoms with Crippen molar-refractivity contribution in [2.45, 2.75) is 13.3 Å². The molecule has 0 unspecified atom stereocenters. The zero-order valence-electron chi connectivity index (χ0n) is 11.3. The highest BCUT2D eigenvalue weighted by atomic mass is 16.5. The van der Waals surface area contributed by atoms with Gasteiger partial charge in [0.25, 0.3) is 0 Å². The van der Waals surface area contributed by atoms with Crippen LogP contribution in [0, 0.1) is 0 Å². The van der Waals surface area contributed by atoms with E-state index in [-0.39, 0.29) is 12.2 Å². The number of benzene rings is 2. The second kappa shape index (κ2) is 6.66. The van der Waals surface area contributed by atoms with E-state index >= 15 is 0 Å². The Labute approximate surface area is 117 Å². The van der Waals surface area contributed by atoms with E-state index in [1.807, 2.05) is 42.5 Å². The minimum Gasteiger partial charge on any atom is -0.466 e. The van der Waals surface area contributed by atoms with Gasteiger partial charge in [0, 0.05) is 0 Å². The predicted octanol–water partition coefficient (Wildman–Crippen LogP) is 3.38. The van der Waals surface area contributed by atoms with Crippen LogP contribution < -0.4 is 0 Å². The van der Waals surface area contributed by atoms with Crippen molar-refractivity contribution in [1.82, 2.24) is 0 Å². The van der Waals surface area contributed by atoms with Crippen LogP contribution in [0.5, 0.6) is 0 Å². The SMILES string of the molecule is CCOC(=O)CC(=O)/C=C/c1cccc2ccccc12. The molecule has 0 aliphatic carbocycles. The van der Waals surface area contributed by atoms with Gasteiger partial charge in [0.05, 0.1) is 6.61 Å². The summed E-state index contributed by atoms with van der Waals surface area (Å²) in [6, 6.07) is 13.9. The van der Waals surface area contributed by atoms with Crippen molar-refractivity contribution in [1.29, 1.82) is 0 Å². The topological polar surface area (TPSA) is 43.4 Å². The van der Waals surface area contributed by atoms with Gasteiger partial charge in [0.1, 0.15) is 6.42 Å². The lowest BCUT2D eigenvalue weighted by Gasteiger charge is -2.01. The third-order valence-electron chi connectivity index (χ3n) is 2.90. The van der Waals surface area contributed by atoms with Crippen LogP contribution in [0.25, 0.3) is 16.8 Å². The van der Waals surface area contributed by atoms with E-state index in [9.17, 15) is 9.59 Å². The van der Waals surface area contributed by atoms with E-state index in [0.717, 1.165) is 16.3 Å². The van der Waals surface area contributed by atoms with Gasteiger partial charge < -0.3 is 4.74 Å². The summed E-state index contributed by atoms with van der Waals surface area (Å²) in [4.78, 5) is 22.9. The fraction of sp³-hybridized carbons (Fsp3) is 0.176. The quantitative estimate of drug-likeness (QED) is 0.474. The van der Waals surface area contributed by atoms with Crippen LogP contribution in [0.4, 0.5) is 0 Å². The number of fused-ring (bicyclic) bond motifs is 1. The molecule has 20 heavy (non-hydrogen) atoms. The lowest BCUT2D eigenvalue weighted by atomic mass is 10.0. The van der Waals surface area contributed by atoms with E-state index in [2.05, 4.69) is 0 Å². The van der Waals surface area contributed by atoms with Gasteiger partial charge in [-0.2, -0.15) is 0 Å². The van der Waals surface area contributed by atoms with Crippen LogP contribution in [-0.4, -0.2) is 18.4 Å². The molecule has 0 bridgehead atoms. The van der Waals surface area contributed by atoms with Gasteiger partial charge in [-0.15, -0.1) is 0 Å². The van der Waals surface area contributed by atoms with E-state index in [1.54, 1.807) is 13.0 Å². The molecule has 2 aromatic carbocycles. The Bertz CT molecular complexity index is 651. The normalized spacial score (nSPS) is 10.8. The van der Waals surface area contributed by atoms with Gasteiger partial charge in [-0.25, -0.2) is 0 Å². The first-order valence-electron chi connectivity index (χ1n) is 6.55. The molecule has 0 aromatic heterocycles. The number of esters is 1. The zero-order chi connectivity index (χ0) is 14.4. The molecule has 3 nitrogen and oxygen atoms in total. The van der Waals surface area contributed by atoms with E-state index in [4.69, 9.17) is 4.74 Å². The Morgan fingerprint density at radius 3 is 2.65 bits per heavy atom. The molecule has 0 N–H and O–H groups in total. The van der Waals surface area contributed by atoms with Crippen molar-refractivity contribution in [2.24, 2.45) is 0 Å². The maximum absolute atomic E-state index is 11.7. The maximum Gasteiger partial charge on any atom is 0.313 e. The fourth-order valence-corrected chi connectivity index (χ4v) is 1.99. The molecule has 0 fully saturated rings. The van der Waals surface area contributed by atoms with E-state index in [1.165, 1.54) is 6.08 Å². The lowest BCUT2D eigenvalue weighted by Crippen LogP contribution is -2.09. The number of rotatable bonds is 5. The Balaban J connectivity index is 2.14. The molecule has 0 aliphatic rings. The van der Waals surface area contributed by atoms with Crippen LogP contribution in [0.1, 0.15) is 18.9 Å². The average Bonchev–Trinajstić information content (AvgIpc) is 2.45. The van der Waals surface area contributed by atoms with Gasteiger partial charge in [-0.1, -0.05) is 48.5 Å². The van der Waals surface area contributed by atoms with Crippen LogP contribution in [0.2, 0.25) is 0 Å². The standard InChI is InChI=1S/C17H16O3/c1-2-20-17(19)12-15(18)11-10-14-8-5-7-13-6-3-4-9-16(13)14/h3-11H,2,12H2,1H3/b11-10+. The molecule has 0 heterocycles. The number of carbonyl (C=O) groups excluding carboxylic acids is 2. The summed E-state index contributed by atoms with van der Waals surface area (Å²) in [5, 5.41) is 2.20. The van der Waals surface area contributed by atoms with Crippen molar-refractivity contribution in [3.05, 3.63) is 54.1 Å². The Kier molecular flexibility index (Phi) is 4.66. The number of hydrogen-bond acceptors (Lipinski definition) is 3. The first kappa shape index (κ1) is 14.0. The Morgan fingerprint density at radius 2 is 1.85 bits per heavy atom. The van der Waals surface area contributed by atoms with E-state index < -0.39 is 5.97 Å². The van der Waals surface area contributed by atoms with Crippen molar-refractivity contribution in [3.8, 4) is 0 Å². The average molecular weight is 268 g/mol. The highest BCUT2D eigenvalue weighted by Gasteiger charge is 2.07. The van der Waals surface area contributed by atoms with Crippen LogP contribution in [0.3, 0.4) is 0 Å². The molecule has 0 aliphatic heterocycles. The molecule has 102 valence electrons. The first-order valence-corrected chi connectivity index (χ1v) is 6.55. The minimum atomic E-state index is -0.486. The Hall–Kier alpha value is -2.42. The van der Waals surface area contributed by atoms with Gasteiger partial charge in [-0.3, -0.25) is 9.59 Å². The summed E-state index contributed by atoms with van der Waals surface area (Å²) in [7, 11) is 0. The minimum absolute atomic E-state index is 0.213. The maximum atomic E-state index is 11.7. The lowest BCUT2D eigenvalue weighted by molar-refractivity contribution is -0.144.